The van der Waals surface area contributed by atoms with Crippen LogP contribution in [0.1, 0.15) is 55.9 Å². The van der Waals surface area contributed by atoms with E-state index in [4.69, 9.17) is 0 Å². The van der Waals surface area contributed by atoms with E-state index in [0.717, 1.165) is 47.6 Å². The zero-order chi connectivity index (χ0) is 19.7. The summed E-state index contributed by atoms with van der Waals surface area (Å²) >= 11 is 1.50. The molecule has 0 radical (unpaired) electrons. The second-order valence-corrected chi connectivity index (χ2v) is 8.95. The van der Waals surface area contributed by atoms with E-state index < -0.39 is 0 Å². The molecule has 0 unspecified atom stereocenters. The molecule has 1 saturated carbocycles. The van der Waals surface area contributed by atoms with Crippen molar-refractivity contribution in [1.29, 1.82) is 0 Å². The lowest BCUT2D eigenvalue weighted by Gasteiger charge is -2.26. The highest BCUT2D eigenvalue weighted by Gasteiger charge is 2.31. The minimum Gasteiger partial charge on any atom is -0.312 e. The van der Waals surface area contributed by atoms with Crippen LogP contribution in [-0.4, -0.2) is 23.3 Å². The van der Waals surface area contributed by atoms with Crippen LogP contribution in [0.3, 0.4) is 0 Å². The van der Waals surface area contributed by atoms with Gasteiger partial charge in [0, 0.05) is 35.0 Å². The highest BCUT2D eigenvalue weighted by Crippen LogP contribution is 2.37. The Hall–Kier alpha value is -2.21. The third kappa shape index (κ3) is 3.70. The summed E-state index contributed by atoms with van der Waals surface area (Å²) in [6.07, 6.45) is 7.02. The van der Waals surface area contributed by atoms with Gasteiger partial charge in [0.25, 0.3) is 0 Å². The summed E-state index contributed by atoms with van der Waals surface area (Å²) in [7, 11) is 0. The van der Waals surface area contributed by atoms with Crippen molar-refractivity contribution in [3.63, 3.8) is 0 Å². The Kier molecular flexibility index (Phi) is 5.49. The molecule has 1 aromatic carbocycles. The number of carbonyl (C=O) groups excluding carboxylic acids is 2. The predicted octanol–water partition coefficient (Wildman–Crippen LogP) is 4.94. The number of carbonyl (C=O) groups is 2. The lowest BCUT2D eigenvalue weighted by Crippen LogP contribution is -2.35. The number of nitrogens with one attached hydrogen (secondary N) is 1. The number of hydrogen-bond acceptors (Lipinski definition) is 4. The number of fused-ring (bicyclic) bond motifs is 1. The van der Waals surface area contributed by atoms with Crippen LogP contribution in [0.4, 0.5) is 10.8 Å². The number of benzene rings is 1. The maximum Gasteiger partial charge on any atom is 0.230 e. The molecule has 0 bridgehead atoms. The predicted molar refractivity (Wildman–Crippen MR) is 114 cm³/mol. The number of thiazole rings is 1. The molecule has 0 saturated heterocycles. The number of aromatic nitrogens is 1. The molecular weight excluding hydrogens is 370 g/mol. The van der Waals surface area contributed by atoms with Crippen LogP contribution in [-0.2, 0) is 16.0 Å². The minimum absolute atomic E-state index is 0.0221. The highest BCUT2D eigenvalue weighted by atomic mass is 32.1. The number of rotatable bonds is 4. The highest BCUT2D eigenvalue weighted by molar-refractivity contribution is 7.16. The molecule has 148 valence electrons. The van der Waals surface area contributed by atoms with E-state index >= 15 is 0 Å². The maximum atomic E-state index is 13.0. The third-order valence-electron chi connectivity index (χ3n) is 5.83. The van der Waals surface area contributed by atoms with E-state index in [1.807, 2.05) is 18.7 Å². The second-order valence-electron chi connectivity index (χ2n) is 7.74. The minimum atomic E-state index is -0.0221. The lowest BCUT2D eigenvalue weighted by molar-refractivity contribution is -0.123. The molecule has 4 rings (SSSR count). The van der Waals surface area contributed by atoms with Gasteiger partial charge in [-0.2, -0.15) is 0 Å². The Balaban J connectivity index is 1.55. The second kappa shape index (κ2) is 8.03. The SMILES string of the molecule is CCC(=O)Nc1nc(-c2ccc3c(c2)CCN3C(=O)C2CCCCC2)c(C)s1. The Morgan fingerprint density at radius 2 is 2.04 bits per heavy atom. The van der Waals surface area contributed by atoms with Crippen LogP contribution in [0, 0.1) is 12.8 Å². The van der Waals surface area contributed by atoms with Crippen LogP contribution in [0.2, 0.25) is 0 Å². The van der Waals surface area contributed by atoms with Crippen molar-refractivity contribution in [2.24, 2.45) is 5.92 Å². The number of anilines is 2. The molecule has 1 fully saturated rings. The van der Waals surface area contributed by atoms with Crippen molar-refractivity contribution in [3.8, 4) is 11.3 Å². The largest absolute Gasteiger partial charge is 0.312 e. The summed E-state index contributed by atoms with van der Waals surface area (Å²) in [6, 6.07) is 6.29. The van der Waals surface area contributed by atoms with Gasteiger partial charge < -0.3 is 10.2 Å². The molecule has 1 N–H and O–H groups in total. The molecule has 1 aliphatic heterocycles. The van der Waals surface area contributed by atoms with E-state index in [2.05, 4.69) is 28.5 Å². The van der Waals surface area contributed by atoms with Crippen LogP contribution in [0.5, 0.6) is 0 Å². The smallest absolute Gasteiger partial charge is 0.230 e. The quantitative estimate of drug-likeness (QED) is 0.795. The molecule has 1 aromatic heterocycles. The Morgan fingerprint density at radius 3 is 2.79 bits per heavy atom. The van der Waals surface area contributed by atoms with Gasteiger partial charge in [-0.1, -0.05) is 32.3 Å². The monoisotopic (exact) mass is 397 g/mol. The summed E-state index contributed by atoms with van der Waals surface area (Å²) in [5, 5.41) is 3.50. The molecule has 0 spiro atoms. The lowest BCUT2D eigenvalue weighted by atomic mass is 9.88. The van der Waals surface area contributed by atoms with Crippen LogP contribution in [0.15, 0.2) is 18.2 Å². The van der Waals surface area contributed by atoms with E-state index in [-0.39, 0.29) is 11.8 Å². The van der Waals surface area contributed by atoms with Gasteiger partial charge in [-0.3, -0.25) is 9.59 Å². The van der Waals surface area contributed by atoms with Gasteiger partial charge in [0.15, 0.2) is 5.13 Å². The Labute approximate surface area is 170 Å². The molecule has 6 heteroatoms. The van der Waals surface area contributed by atoms with Gasteiger partial charge in [-0.15, -0.1) is 11.3 Å². The van der Waals surface area contributed by atoms with Gasteiger partial charge in [-0.25, -0.2) is 4.98 Å². The normalized spacial score (nSPS) is 16.9. The fraction of sp³-hybridized carbons (Fsp3) is 0.500. The number of hydrogen-bond donors (Lipinski definition) is 1. The van der Waals surface area contributed by atoms with Crippen LogP contribution >= 0.6 is 11.3 Å². The molecule has 2 amide bonds. The first-order valence-corrected chi connectivity index (χ1v) is 11.1. The van der Waals surface area contributed by atoms with Gasteiger partial charge in [0.05, 0.1) is 5.69 Å². The number of aryl methyl sites for hydroxylation is 1. The third-order valence-corrected chi connectivity index (χ3v) is 6.72. The summed E-state index contributed by atoms with van der Waals surface area (Å²) in [6.45, 7) is 4.64. The topological polar surface area (TPSA) is 62.3 Å². The van der Waals surface area contributed by atoms with Crippen molar-refractivity contribution in [2.45, 2.75) is 58.8 Å². The fourth-order valence-electron chi connectivity index (χ4n) is 4.27. The molecule has 2 heterocycles. The van der Waals surface area contributed by atoms with Gasteiger partial charge >= 0.3 is 0 Å². The van der Waals surface area contributed by atoms with Crippen molar-refractivity contribution < 1.29 is 9.59 Å². The average molecular weight is 398 g/mol. The molecule has 28 heavy (non-hydrogen) atoms. The fourth-order valence-corrected chi connectivity index (χ4v) is 5.13. The average Bonchev–Trinajstić information content (AvgIpc) is 3.30. The van der Waals surface area contributed by atoms with Crippen molar-refractivity contribution in [1.82, 2.24) is 4.98 Å². The van der Waals surface area contributed by atoms with E-state index in [0.29, 0.717) is 17.5 Å². The summed E-state index contributed by atoms with van der Waals surface area (Å²) in [5.74, 6) is 0.483. The van der Waals surface area contributed by atoms with E-state index in [9.17, 15) is 9.59 Å². The Bertz CT molecular complexity index is 899. The maximum absolute atomic E-state index is 13.0. The summed E-state index contributed by atoms with van der Waals surface area (Å²) < 4.78 is 0. The molecular formula is C22H27N3O2S. The van der Waals surface area contributed by atoms with Crippen molar-refractivity contribution in [2.75, 3.05) is 16.8 Å². The van der Waals surface area contributed by atoms with Crippen molar-refractivity contribution in [3.05, 3.63) is 28.6 Å². The standard InChI is InChI=1S/C22H27N3O2S/c1-3-19(26)23-22-24-20(14(2)28-22)17-9-10-18-16(13-17)11-12-25(18)21(27)15-7-5-4-6-8-15/h9-10,13,15H,3-8,11-12H2,1-2H3,(H,23,24,26). The van der Waals surface area contributed by atoms with Crippen molar-refractivity contribution >= 4 is 34.0 Å². The summed E-state index contributed by atoms with van der Waals surface area (Å²) in [5.41, 5.74) is 4.24. The van der Waals surface area contributed by atoms with Crippen LogP contribution < -0.4 is 10.2 Å². The molecule has 2 aromatic rings. The summed E-state index contributed by atoms with van der Waals surface area (Å²) in [4.78, 5) is 32.3. The van der Waals surface area contributed by atoms with E-state index in [1.54, 1.807) is 0 Å². The first-order chi connectivity index (χ1) is 13.6. The van der Waals surface area contributed by atoms with E-state index in [1.165, 1.54) is 36.2 Å². The first kappa shape index (κ1) is 19.1. The first-order valence-electron chi connectivity index (χ1n) is 10.3. The zero-order valence-corrected chi connectivity index (χ0v) is 17.4. The van der Waals surface area contributed by atoms with Gasteiger partial charge in [-0.05, 0) is 43.9 Å². The molecule has 5 nitrogen and oxygen atoms in total. The van der Waals surface area contributed by atoms with Gasteiger partial charge in [0.2, 0.25) is 11.8 Å². The molecule has 1 aliphatic carbocycles. The van der Waals surface area contributed by atoms with Crippen LogP contribution in [0.25, 0.3) is 11.3 Å². The van der Waals surface area contributed by atoms with Gasteiger partial charge in [0.1, 0.15) is 0 Å². The molecule has 2 aliphatic rings. The number of nitrogens with zero attached hydrogens (tertiary/aromatic N) is 2. The number of amides is 2. The zero-order valence-electron chi connectivity index (χ0n) is 16.6. The molecule has 0 atom stereocenters. The Morgan fingerprint density at radius 1 is 1.25 bits per heavy atom.